The lowest BCUT2D eigenvalue weighted by Gasteiger charge is -2.17. The highest BCUT2D eigenvalue weighted by Crippen LogP contribution is 2.30. The molecule has 0 saturated carbocycles. The summed E-state index contributed by atoms with van der Waals surface area (Å²) >= 11 is 1.82. The van der Waals surface area contributed by atoms with Crippen LogP contribution in [0.15, 0.2) is 36.4 Å². The lowest BCUT2D eigenvalue weighted by molar-refractivity contribution is 1.23. The Morgan fingerprint density at radius 2 is 1.56 bits per heavy atom. The van der Waals surface area contributed by atoms with Crippen molar-refractivity contribution in [3.8, 4) is 0 Å². The summed E-state index contributed by atoms with van der Waals surface area (Å²) in [7, 11) is 2.11. The monoisotopic (exact) mass is 234 g/mol. The van der Waals surface area contributed by atoms with Gasteiger partial charge < -0.3 is 11.1 Å². The molecule has 0 aliphatic heterocycles. The quantitative estimate of drug-likeness (QED) is 0.841. The smallest absolute Gasteiger partial charge is 0.0953 e. The van der Waals surface area contributed by atoms with Gasteiger partial charge in [0, 0.05) is 17.6 Å². The van der Waals surface area contributed by atoms with Crippen molar-refractivity contribution in [2.75, 3.05) is 11.9 Å². The molecule has 1 heterocycles. The van der Waals surface area contributed by atoms with E-state index in [0.29, 0.717) is 0 Å². The van der Waals surface area contributed by atoms with E-state index in [9.17, 15) is 0 Å². The largest absolute Gasteiger partial charge is 0.344 e. The topological polar surface area (TPSA) is 38.2 Å². The Kier molecular flexibility index (Phi) is 4.10. The van der Waals surface area contributed by atoms with Gasteiger partial charge >= 0.3 is 0 Å². The molecule has 0 amide bonds. The minimum absolute atomic E-state index is 0. The van der Waals surface area contributed by atoms with Crippen molar-refractivity contribution in [2.24, 2.45) is 0 Å². The van der Waals surface area contributed by atoms with Crippen molar-refractivity contribution in [1.29, 1.82) is 0 Å². The number of hydrogen-bond donors (Lipinski definition) is 1. The first-order chi connectivity index (χ1) is 7.16. The van der Waals surface area contributed by atoms with Crippen LogP contribution >= 0.6 is 11.3 Å². The Hall–Kier alpha value is -1.32. The molecule has 1 aromatic heterocycles. The van der Waals surface area contributed by atoms with E-state index >= 15 is 0 Å². The predicted octanol–water partition coefficient (Wildman–Crippen LogP) is 4.29. The summed E-state index contributed by atoms with van der Waals surface area (Å²) in [6.07, 6.45) is 0. The van der Waals surface area contributed by atoms with Gasteiger partial charge in [-0.25, -0.2) is 0 Å². The highest BCUT2D eigenvalue weighted by Gasteiger charge is 2.04. The van der Waals surface area contributed by atoms with Crippen LogP contribution in [0.3, 0.4) is 0 Å². The summed E-state index contributed by atoms with van der Waals surface area (Å²) in [6, 6.07) is 12.9. The molecule has 3 heteroatoms. The maximum absolute atomic E-state index is 2.22. The number of benzene rings is 1. The zero-order chi connectivity index (χ0) is 10.8. The number of thiophene rings is 1. The van der Waals surface area contributed by atoms with Crippen LogP contribution in [-0.4, -0.2) is 7.05 Å². The lowest BCUT2D eigenvalue weighted by atomic mass is 10.2. The van der Waals surface area contributed by atoms with Gasteiger partial charge in [0.15, 0.2) is 0 Å². The predicted molar refractivity (Wildman–Crippen MR) is 73.3 cm³/mol. The molecule has 2 rings (SSSR count). The number of hydrogen-bond acceptors (Lipinski definition) is 3. The molecule has 86 valence electrons. The molecule has 0 atom stereocenters. The van der Waals surface area contributed by atoms with Crippen LogP contribution in [-0.2, 0) is 0 Å². The summed E-state index contributed by atoms with van der Waals surface area (Å²) in [5, 5.41) is 1.29. The first-order valence-corrected chi connectivity index (χ1v) is 5.85. The Balaban J connectivity index is 0.00000128. The average Bonchev–Trinajstić information content (AvgIpc) is 2.65. The van der Waals surface area contributed by atoms with Gasteiger partial charge in [0.25, 0.3) is 0 Å². The molecule has 2 nitrogen and oxygen atoms in total. The molecule has 0 unspecified atom stereocenters. The van der Waals surface area contributed by atoms with Crippen molar-refractivity contribution < 1.29 is 0 Å². The molecule has 0 aliphatic rings. The summed E-state index contributed by atoms with van der Waals surface area (Å²) in [4.78, 5) is 3.57. The maximum Gasteiger partial charge on any atom is 0.0953 e. The van der Waals surface area contributed by atoms with Crippen LogP contribution in [0.5, 0.6) is 0 Å². The molecular formula is C13H18N2S. The van der Waals surface area contributed by atoms with Crippen LogP contribution in [0.2, 0.25) is 0 Å². The number of rotatable bonds is 2. The number of aryl methyl sites for hydroxylation is 2. The summed E-state index contributed by atoms with van der Waals surface area (Å²) in [5.41, 5.74) is 2.54. The van der Waals surface area contributed by atoms with Crippen molar-refractivity contribution in [3.05, 3.63) is 46.8 Å². The Labute approximate surface area is 101 Å². The third-order valence-corrected chi connectivity index (χ3v) is 3.56. The van der Waals surface area contributed by atoms with E-state index in [4.69, 9.17) is 0 Å². The number of nitrogens with zero attached hydrogens (tertiary/aromatic N) is 1. The second-order valence-electron chi connectivity index (χ2n) is 3.78. The molecule has 3 N–H and O–H groups in total. The van der Waals surface area contributed by atoms with Crippen LogP contribution in [0, 0.1) is 13.8 Å². The van der Waals surface area contributed by atoms with Gasteiger partial charge in [-0.05, 0) is 38.1 Å². The van der Waals surface area contributed by atoms with Crippen LogP contribution < -0.4 is 11.1 Å². The summed E-state index contributed by atoms with van der Waals surface area (Å²) in [6.45, 7) is 4.25. The van der Waals surface area contributed by atoms with E-state index in [0.717, 1.165) is 0 Å². The van der Waals surface area contributed by atoms with Gasteiger partial charge in [-0.2, -0.15) is 0 Å². The zero-order valence-corrected chi connectivity index (χ0v) is 10.8. The lowest BCUT2D eigenvalue weighted by Crippen LogP contribution is -2.07. The average molecular weight is 234 g/mol. The second kappa shape index (κ2) is 5.14. The fourth-order valence-corrected chi connectivity index (χ4v) is 2.34. The molecular weight excluding hydrogens is 216 g/mol. The molecule has 0 saturated heterocycles. The maximum atomic E-state index is 2.22. The fraction of sp³-hybridized carbons (Fsp3) is 0.231. The van der Waals surface area contributed by atoms with E-state index < -0.39 is 0 Å². The molecule has 0 fully saturated rings. The van der Waals surface area contributed by atoms with E-state index in [2.05, 4.69) is 62.2 Å². The zero-order valence-electron chi connectivity index (χ0n) is 10.0. The van der Waals surface area contributed by atoms with E-state index in [1.807, 2.05) is 11.3 Å². The van der Waals surface area contributed by atoms with Crippen LogP contribution in [0.25, 0.3) is 0 Å². The normalized spacial score (nSPS) is 9.69. The first-order valence-electron chi connectivity index (χ1n) is 5.03. The van der Waals surface area contributed by atoms with Gasteiger partial charge in [0.1, 0.15) is 0 Å². The van der Waals surface area contributed by atoms with Gasteiger partial charge in [-0.3, -0.25) is 0 Å². The van der Waals surface area contributed by atoms with Crippen LogP contribution in [0.4, 0.5) is 10.7 Å². The minimum Gasteiger partial charge on any atom is -0.344 e. The van der Waals surface area contributed by atoms with Crippen molar-refractivity contribution in [1.82, 2.24) is 6.15 Å². The Morgan fingerprint density at radius 1 is 0.938 bits per heavy atom. The molecule has 1 aromatic carbocycles. The third-order valence-electron chi connectivity index (χ3n) is 2.48. The molecule has 0 bridgehead atoms. The SMILES string of the molecule is Cc1ccc(N(C)c2ccc(C)s2)cc1.N. The third kappa shape index (κ3) is 2.62. The molecule has 2 aromatic rings. The molecule has 0 spiro atoms. The van der Waals surface area contributed by atoms with E-state index in [1.54, 1.807) is 0 Å². The van der Waals surface area contributed by atoms with Gasteiger partial charge in [-0.15, -0.1) is 11.3 Å². The van der Waals surface area contributed by atoms with E-state index in [1.165, 1.54) is 21.1 Å². The standard InChI is InChI=1S/C13H15NS.H3N/c1-10-4-7-12(8-5-10)14(3)13-9-6-11(2)15-13;/h4-9H,1-3H3;1H3. The van der Waals surface area contributed by atoms with Crippen molar-refractivity contribution in [3.63, 3.8) is 0 Å². The van der Waals surface area contributed by atoms with Gasteiger partial charge in [0.05, 0.1) is 5.00 Å². The molecule has 16 heavy (non-hydrogen) atoms. The fourth-order valence-electron chi connectivity index (χ4n) is 1.50. The minimum atomic E-state index is 0. The van der Waals surface area contributed by atoms with Gasteiger partial charge in [-0.1, -0.05) is 17.7 Å². The van der Waals surface area contributed by atoms with Crippen molar-refractivity contribution in [2.45, 2.75) is 13.8 Å². The number of anilines is 2. The molecule has 0 radical (unpaired) electrons. The summed E-state index contributed by atoms with van der Waals surface area (Å²) < 4.78 is 0. The first kappa shape index (κ1) is 12.7. The second-order valence-corrected chi connectivity index (χ2v) is 5.05. The van der Waals surface area contributed by atoms with Gasteiger partial charge in [0.2, 0.25) is 0 Å². The molecule has 0 aliphatic carbocycles. The summed E-state index contributed by atoms with van der Waals surface area (Å²) in [5.74, 6) is 0. The highest BCUT2D eigenvalue weighted by atomic mass is 32.1. The Bertz CT molecular complexity index is 445. The van der Waals surface area contributed by atoms with Crippen LogP contribution in [0.1, 0.15) is 10.4 Å². The Morgan fingerprint density at radius 3 is 2.06 bits per heavy atom. The van der Waals surface area contributed by atoms with E-state index in [-0.39, 0.29) is 6.15 Å². The highest BCUT2D eigenvalue weighted by molar-refractivity contribution is 7.16. The van der Waals surface area contributed by atoms with Crippen molar-refractivity contribution >= 4 is 22.0 Å².